The molecular weight excluding hydrogens is 556 g/mol. The lowest BCUT2D eigenvalue weighted by molar-refractivity contribution is -0.132. The van der Waals surface area contributed by atoms with Crippen molar-refractivity contribution in [2.24, 2.45) is 11.8 Å². The molecule has 0 radical (unpaired) electrons. The molecular formula is C35H46N4O5. The number of carbonyl (C=O) groups excluding carboxylic acids is 1. The Bertz CT molecular complexity index is 1460. The van der Waals surface area contributed by atoms with E-state index in [1.54, 1.807) is 12.1 Å². The van der Waals surface area contributed by atoms with Crippen LogP contribution in [0.15, 0.2) is 53.3 Å². The minimum atomic E-state index is -0.830. The molecule has 2 saturated carbocycles. The summed E-state index contributed by atoms with van der Waals surface area (Å²) in [6, 6.07) is 15.4. The Hall–Kier alpha value is -3.24. The van der Waals surface area contributed by atoms with Gasteiger partial charge in [0.25, 0.3) is 0 Å². The molecule has 2 heterocycles. The molecule has 1 aromatic heterocycles. The van der Waals surface area contributed by atoms with Gasteiger partial charge in [-0.25, -0.2) is 0 Å². The van der Waals surface area contributed by atoms with Crippen LogP contribution in [0, 0.1) is 11.8 Å². The van der Waals surface area contributed by atoms with E-state index in [1.807, 2.05) is 4.90 Å². The fraction of sp³-hybridized carbons (Fsp3) is 0.543. The summed E-state index contributed by atoms with van der Waals surface area (Å²) in [6.45, 7) is 6.02. The molecule has 3 aromatic rings. The highest BCUT2D eigenvalue weighted by Gasteiger charge is 2.35. The van der Waals surface area contributed by atoms with Crippen molar-refractivity contribution in [1.82, 2.24) is 20.1 Å². The van der Waals surface area contributed by atoms with E-state index in [1.165, 1.54) is 55.6 Å². The zero-order valence-corrected chi connectivity index (χ0v) is 25.5. The maximum Gasteiger partial charge on any atom is 0.248 e. The van der Waals surface area contributed by atoms with Crippen molar-refractivity contribution in [3.63, 3.8) is 0 Å². The molecule has 3 unspecified atom stereocenters. The van der Waals surface area contributed by atoms with Crippen molar-refractivity contribution in [2.75, 3.05) is 45.9 Å². The topological polar surface area (TPSA) is 118 Å². The van der Waals surface area contributed by atoms with Gasteiger partial charge in [0.2, 0.25) is 11.5 Å². The van der Waals surface area contributed by atoms with Crippen LogP contribution in [0.4, 0.5) is 0 Å². The van der Waals surface area contributed by atoms with Crippen LogP contribution >= 0.6 is 0 Å². The molecule has 6 rings (SSSR count). The number of hydrogen-bond acceptors (Lipinski definition) is 7. The predicted octanol–water partition coefficient (Wildman–Crippen LogP) is 3.73. The monoisotopic (exact) mass is 602 g/mol. The molecule has 3 aliphatic rings. The highest BCUT2D eigenvalue weighted by molar-refractivity contribution is 5.87. The molecule has 2 aliphatic carbocycles. The van der Waals surface area contributed by atoms with Crippen LogP contribution in [0.25, 0.3) is 10.9 Å². The molecule has 1 amide bonds. The maximum atomic E-state index is 13.0. The Labute approximate surface area is 259 Å². The third kappa shape index (κ3) is 7.69. The highest BCUT2D eigenvalue weighted by Crippen LogP contribution is 2.38. The van der Waals surface area contributed by atoms with E-state index in [4.69, 9.17) is 4.74 Å². The quantitative estimate of drug-likeness (QED) is 0.196. The van der Waals surface area contributed by atoms with E-state index in [0.717, 1.165) is 37.6 Å². The van der Waals surface area contributed by atoms with Crippen LogP contribution in [-0.2, 0) is 22.5 Å². The van der Waals surface area contributed by atoms with Crippen molar-refractivity contribution >= 4 is 16.8 Å². The predicted molar refractivity (Wildman–Crippen MR) is 170 cm³/mol. The van der Waals surface area contributed by atoms with Gasteiger partial charge < -0.3 is 30.2 Å². The van der Waals surface area contributed by atoms with E-state index < -0.39 is 6.10 Å². The number of carbonyl (C=O) groups is 1. The fourth-order valence-electron chi connectivity index (χ4n) is 7.12. The van der Waals surface area contributed by atoms with Gasteiger partial charge >= 0.3 is 0 Å². The second-order valence-corrected chi connectivity index (χ2v) is 12.9. The van der Waals surface area contributed by atoms with Gasteiger partial charge in [0.1, 0.15) is 5.75 Å². The summed E-state index contributed by atoms with van der Waals surface area (Å²) in [7, 11) is 0. The minimum Gasteiger partial charge on any atom is -0.506 e. The zero-order chi connectivity index (χ0) is 30.5. The summed E-state index contributed by atoms with van der Waals surface area (Å²) in [5.41, 5.74) is 3.27. The second-order valence-electron chi connectivity index (χ2n) is 12.9. The van der Waals surface area contributed by atoms with Crippen LogP contribution in [0.5, 0.6) is 5.75 Å². The number of hydrogen-bond donors (Lipinski definition) is 4. The summed E-state index contributed by atoms with van der Waals surface area (Å²) >= 11 is 0. The lowest BCUT2D eigenvalue weighted by Crippen LogP contribution is -2.39. The van der Waals surface area contributed by atoms with Crippen LogP contribution in [0.3, 0.4) is 0 Å². The molecule has 1 saturated heterocycles. The average molecular weight is 603 g/mol. The summed E-state index contributed by atoms with van der Waals surface area (Å²) in [6.07, 6.45) is 6.69. The molecule has 1 aliphatic heterocycles. The summed E-state index contributed by atoms with van der Waals surface area (Å²) in [5, 5.41) is 24.7. The number of aliphatic hydroxyl groups is 1. The van der Waals surface area contributed by atoms with Crippen LogP contribution in [-0.4, -0.2) is 82.9 Å². The van der Waals surface area contributed by atoms with Crippen LogP contribution < -0.4 is 10.9 Å². The number of benzene rings is 2. The Morgan fingerprint density at radius 3 is 2.50 bits per heavy atom. The van der Waals surface area contributed by atoms with Gasteiger partial charge in [-0.15, -0.1) is 0 Å². The first-order chi connectivity index (χ1) is 21.4. The third-order valence-corrected chi connectivity index (χ3v) is 9.67. The minimum absolute atomic E-state index is 0.0346. The van der Waals surface area contributed by atoms with Gasteiger partial charge in [-0.3, -0.25) is 14.5 Å². The lowest BCUT2D eigenvalue weighted by Gasteiger charge is -2.23. The number of rotatable bonds is 15. The Morgan fingerprint density at radius 2 is 1.75 bits per heavy atom. The molecule has 236 valence electrons. The van der Waals surface area contributed by atoms with E-state index in [9.17, 15) is 19.8 Å². The van der Waals surface area contributed by atoms with E-state index in [0.29, 0.717) is 55.2 Å². The Morgan fingerprint density at radius 1 is 1.00 bits per heavy atom. The molecule has 2 aromatic carbocycles. The number of fused-ring (bicyclic) bond motifs is 2. The number of phenolic OH excluding ortho intramolecular Hbond substituents is 1. The summed E-state index contributed by atoms with van der Waals surface area (Å²) in [4.78, 5) is 31.8. The van der Waals surface area contributed by atoms with Crippen molar-refractivity contribution in [2.45, 2.75) is 63.6 Å². The number of aromatic amines is 1. The SMILES string of the molecule is O=C(CCOCCc1ccc(CN2CC3CCCC3C2)cc1)N(CCNCC(O)c1ccc(O)c2[nH]c(=O)ccc12)C1CC1. The number of aliphatic hydroxyl groups excluding tert-OH is 1. The number of ether oxygens (including phenoxy) is 1. The molecule has 0 bridgehead atoms. The number of nitrogens with zero attached hydrogens (tertiary/aromatic N) is 2. The van der Waals surface area contributed by atoms with Gasteiger partial charge in [0.15, 0.2) is 0 Å². The number of aromatic nitrogens is 1. The lowest BCUT2D eigenvalue weighted by atomic mass is 10.0. The standard InChI is InChI=1S/C35H46N4O5/c40-31-12-10-29(30-11-13-33(42)37-35(30)31)32(41)20-36-16-17-39(28-8-9-28)34(43)15-19-44-18-14-24-4-6-25(7-5-24)21-38-22-26-2-1-3-27(26)23-38/h4-7,10-13,26-28,32,36,40-41H,1-3,8-9,14-23H2,(H,37,42). The van der Waals surface area contributed by atoms with Gasteiger partial charge in [-0.05, 0) is 72.8 Å². The van der Waals surface area contributed by atoms with E-state index >= 15 is 0 Å². The number of H-pyrrole nitrogens is 1. The molecule has 9 nitrogen and oxygen atoms in total. The van der Waals surface area contributed by atoms with E-state index in [-0.39, 0.29) is 23.8 Å². The van der Waals surface area contributed by atoms with Crippen molar-refractivity contribution in [1.29, 1.82) is 0 Å². The first-order valence-corrected chi connectivity index (χ1v) is 16.4. The van der Waals surface area contributed by atoms with Gasteiger partial charge in [-0.2, -0.15) is 0 Å². The van der Waals surface area contributed by atoms with Crippen molar-refractivity contribution < 1.29 is 19.7 Å². The van der Waals surface area contributed by atoms with E-state index in [2.05, 4.69) is 39.5 Å². The number of nitrogens with one attached hydrogen (secondary N) is 2. The molecule has 0 spiro atoms. The van der Waals surface area contributed by atoms with Gasteiger partial charge in [-0.1, -0.05) is 36.8 Å². The second kappa shape index (κ2) is 14.2. The first kappa shape index (κ1) is 30.8. The van der Waals surface area contributed by atoms with Crippen molar-refractivity contribution in [3.05, 3.63) is 75.6 Å². The van der Waals surface area contributed by atoms with Gasteiger partial charge in [0, 0.05) is 56.8 Å². The molecule has 4 N–H and O–H groups in total. The summed E-state index contributed by atoms with van der Waals surface area (Å²) in [5.74, 6) is 1.94. The third-order valence-electron chi connectivity index (χ3n) is 9.67. The number of phenols is 1. The fourth-order valence-corrected chi connectivity index (χ4v) is 7.12. The van der Waals surface area contributed by atoms with Crippen LogP contribution in [0.1, 0.15) is 61.3 Å². The molecule has 3 fully saturated rings. The smallest absolute Gasteiger partial charge is 0.248 e. The molecule has 9 heteroatoms. The van der Waals surface area contributed by atoms with Gasteiger partial charge in [0.05, 0.1) is 31.3 Å². The number of pyridine rings is 1. The molecule has 44 heavy (non-hydrogen) atoms. The number of aromatic hydroxyl groups is 1. The zero-order valence-electron chi connectivity index (χ0n) is 25.5. The Balaban J connectivity index is 0.876. The Kier molecular flexibility index (Phi) is 9.96. The highest BCUT2D eigenvalue weighted by atomic mass is 16.5. The number of likely N-dealkylation sites (tertiary alicyclic amines) is 1. The summed E-state index contributed by atoms with van der Waals surface area (Å²) < 4.78 is 5.85. The largest absolute Gasteiger partial charge is 0.506 e. The number of amides is 1. The maximum absolute atomic E-state index is 13.0. The normalized spacial score (nSPS) is 20.7. The van der Waals surface area contributed by atoms with Crippen LogP contribution in [0.2, 0.25) is 0 Å². The molecule has 3 atom stereocenters. The average Bonchev–Trinajstić information content (AvgIpc) is 3.64. The first-order valence-electron chi connectivity index (χ1n) is 16.4. The van der Waals surface area contributed by atoms with Crippen molar-refractivity contribution in [3.8, 4) is 5.75 Å².